The van der Waals surface area contributed by atoms with Gasteiger partial charge in [0.15, 0.2) is 5.96 Å². The van der Waals surface area contributed by atoms with Gasteiger partial charge in [0, 0.05) is 43.7 Å². The van der Waals surface area contributed by atoms with Crippen LogP contribution in [-0.2, 0) is 6.54 Å². The normalized spacial score (nSPS) is 22.9. The fourth-order valence-electron chi connectivity index (χ4n) is 3.82. The number of thioether (sulfide) groups is 1. The van der Waals surface area contributed by atoms with E-state index in [-0.39, 0.29) is 0 Å². The summed E-state index contributed by atoms with van der Waals surface area (Å²) in [7, 11) is 1.86. The van der Waals surface area contributed by atoms with Crippen molar-refractivity contribution in [3.05, 3.63) is 29.8 Å². The molecule has 1 heterocycles. The molecule has 1 aromatic carbocycles. The summed E-state index contributed by atoms with van der Waals surface area (Å²) in [6.07, 6.45) is 8.95. The molecule has 1 unspecified atom stereocenters. The van der Waals surface area contributed by atoms with Gasteiger partial charge in [0.1, 0.15) is 0 Å². The molecule has 1 aromatic rings. The summed E-state index contributed by atoms with van der Waals surface area (Å²) >= 11 is 1.78. The van der Waals surface area contributed by atoms with Crippen LogP contribution in [0.25, 0.3) is 0 Å². The van der Waals surface area contributed by atoms with Crippen LogP contribution in [0, 0.1) is 0 Å². The molecule has 0 radical (unpaired) electrons. The number of hydrogen-bond acceptors (Lipinski definition) is 3. The van der Waals surface area contributed by atoms with Crippen LogP contribution < -0.4 is 10.6 Å². The minimum absolute atomic E-state index is 0.524. The van der Waals surface area contributed by atoms with Crippen molar-refractivity contribution in [1.82, 2.24) is 15.5 Å². The first-order valence-corrected chi connectivity index (χ1v) is 10.3. The highest BCUT2D eigenvalue weighted by Gasteiger charge is 2.30. The van der Waals surface area contributed by atoms with E-state index in [1.54, 1.807) is 11.8 Å². The molecule has 1 saturated carbocycles. The molecular formula is C19H30N4S. The van der Waals surface area contributed by atoms with Gasteiger partial charge in [-0.05, 0) is 43.2 Å². The Morgan fingerprint density at radius 1 is 1.21 bits per heavy atom. The van der Waals surface area contributed by atoms with Crippen LogP contribution in [0.1, 0.15) is 37.7 Å². The van der Waals surface area contributed by atoms with Crippen molar-refractivity contribution in [2.24, 2.45) is 4.99 Å². The van der Waals surface area contributed by atoms with Gasteiger partial charge in [-0.15, -0.1) is 11.8 Å². The van der Waals surface area contributed by atoms with Crippen molar-refractivity contribution in [2.75, 3.05) is 26.4 Å². The largest absolute Gasteiger partial charge is 0.352 e. The minimum atomic E-state index is 0.524. The van der Waals surface area contributed by atoms with Gasteiger partial charge in [0.25, 0.3) is 0 Å². The maximum absolute atomic E-state index is 4.39. The fraction of sp³-hybridized carbons (Fsp3) is 0.632. The molecule has 5 heteroatoms. The molecule has 0 bridgehead atoms. The van der Waals surface area contributed by atoms with E-state index in [2.05, 4.69) is 51.0 Å². The zero-order valence-corrected chi connectivity index (χ0v) is 15.7. The Bertz CT molecular complexity index is 537. The first-order chi connectivity index (χ1) is 11.8. The number of hydrogen-bond donors (Lipinski definition) is 2. The van der Waals surface area contributed by atoms with Gasteiger partial charge >= 0.3 is 0 Å². The Kier molecular flexibility index (Phi) is 6.44. The molecule has 1 aliphatic carbocycles. The smallest absolute Gasteiger partial charge is 0.191 e. The first kappa shape index (κ1) is 17.6. The Labute approximate surface area is 150 Å². The van der Waals surface area contributed by atoms with Crippen LogP contribution in [-0.4, -0.2) is 49.3 Å². The molecule has 132 valence electrons. The van der Waals surface area contributed by atoms with E-state index in [0.29, 0.717) is 6.04 Å². The van der Waals surface area contributed by atoms with Crippen molar-refractivity contribution >= 4 is 17.7 Å². The molecular weight excluding hydrogens is 316 g/mol. The topological polar surface area (TPSA) is 39.7 Å². The summed E-state index contributed by atoms with van der Waals surface area (Å²) in [6, 6.07) is 10.1. The van der Waals surface area contributed by atoms with E-state index in [9.17, 15) is 0 Å². The summed E-state index contributed by atoms with van der Waals surface area (Å²) in [5.41, 5.74) is 1.29. The van der Waals surface area contributed by atoms with Crippen LogP contribution in [0.4, 0.5) is 0 Å². The molecule has 0 aromatic heterocycles. The van der Waals surface area contributed by atoms with E-state index >= 15 is 0 Å². The molecule has 2 N–H and O–H groups in total. The third kappa shape index (κ3) is 4.67. The van der Waals surface area contributed by atoms with Crippen molar-refractivity contribution in [1.29, 1.82) is 0 Å². The second kappa shape index (κ2) is 8.77. The van der Waals surface area contributed by atoms with Crippen LogP contribution in [0.15, 0.2) is 34.2 Å². The average molecular weight is 347 g/mol. The quantitative estimate of drug-likeness (QED) is 0.488. The van der Waals surface area contributed by atoms with E-state index in [4.69, 9.17) is 0 Å². The minimum Gasteiger partial charge on any atom is -0.352 e. The summed E-state index contributed by atoms with van der Waals surface area (Å²) in [4.78, 5) is 8.38. The van der Waals surface area contributed by atoms with E-state index in [1.807, 2.05) is 7.05 Å². The zero-order valence-electron chi connectivity index (χ0n) is 14.9. The first-order valence-electron chi connectivity index (χ1n) is 9.12. The molecule has 0 amide bonds. The average Bonchev–Trinajstić information content (AvgIpc) is 3.30. The predicted octanol–water partition coefficient (Wildman–Crippen LogP) is 3.09. The SMILES string of the molecule is CN=C(NCc1ccc(SC)cc1)NC1CCN(C2CCCC2)C1. The van der Waals surface area contributed by atoms with Crippen LogP contribution in [0.3, 0.4) is 0 Å². The van der Waals surface area contributed by atoms with Gasteiger partial charge < -0.3 is 10.6 Å². The maximum Gasteiger partial charge on any atom is 0.191 e. The van der Waals surface area contributed by atoms with Gasteiger partial charge in [-0.25, -0.2) is 0 Å². The molecule has 3 rings (SSSR count). The highest BCUT2D eigenvalue weighted by molar-refractivity contribution is 7.98. The van der Waals surface area contributed by atoms with Crippen molar-refractivity contribution in [2.45, 2.75) is 55.6 Å². The van der Waals surface area contributed by atoms with Crippen molar-refractivity contribution < 1.29 is 0 Å². The highest BCUT2D eigenvalue weighted by atomic mass is 32.2. The predicted molar refractivity (Wildman–Crippen MR) is 104 cm³/mol. The lowest BCUT2D eigenvalue weighted by atomic mass is 10.2. The third-order valence-electron chi connectivity index (χ3n) is 5.24. The van der Waals surface area contributed by atoms with Gasteiger partial charge in [-0.1, -0.05) is 25.0 Å². The van der Waals surface area contributed by atoms with Crippen molar-refractivity contribution in [3.63, 3.8) is 0 Å². The monoisotopic (exact) mass is 346 g/mol. The van der Waals surface area contributed by atoms with Gasteiger partial charge in [0.05, 0.1) is 0 Å². The van der Waals surface area contributed by atoms with E-state index in [1.165, 1.54) is 49.1 Å². The number of rotatable bonds is 5. The number of guanidine groups is 1. The molecule has 2 fully saturated rings. The number of nitrogens with zero attached hydrogens (tertiary/aromatic N) is 2. The molecule has 0 spiro atoms. The number of nitrogens with one attached hydrogen (secondary N) is 2. The zero-order chi connectivity index (χ0) is 16.8. The van der Waals surface area contributed by atoms with E-state index < -0.39 is 0 Å². The molecule has 1 saturated heterocycles. The standard InChI is InChI=1S/C19H30N4S/c1-20-19(21-13-15-7-9-18(24-2)10-8-15)22-16-11-12-23(14-16)17-5-3-4-6-17/h7-10,16-17H,3-6,11-14H2,1-2H3,(H2,20,21,22). The number of likely N-dealkylation sites (tertiary alicyclic amines) is 1. The molecule has 1 aliphatic heterocycles. The van der Waals surface area contributed by atoms with Crippen LogP contribution in [0.2, 0.25) is 0 Å². The Hall–Kier alpha value is -1.20. The fourth-order valence-corrected chi connectivity index (χ4v) is 4.23. The second-order valence-electron chi connectivity index (χ2n) is 6.84. The summed E-state index contributed by atoms with van der Waals surface area (Å²) in [5.74, 6) is 0.919. The third-order valence-corrected chi connectivity index (χ3v) is 5.99. The Morgan fingerprint density at radius 3 is 2.62 bits per heavy atom. The van der Waals surface area contributed by atoms with Gasteiger partial charge in [0.2, 0.25) is 0 Å². The Morgan fingerprint density at radius 2 is 1.96 bits per heavy atom. The molecule has 4 nitrogen and oxygen atoms in total. The van der Waals surface area contributed by atoms with Crippen LogP contribution >= 0.6 is 11.8 Å². The second-order valence-corrected chi connectivity index (χ2v) is 7.72. The van der Waals surface area contributed by atoms with Crippen LogP contribution in [0.5, 0.6) is 0 Å². The molecule has 1 atom stereocenters. The number of benzene rings is 1. The summed E-state index contributed by atoms with van der Waals surface area (Å²) in [5, 5.41) is 7.05. The lowest BCUT2D eigenvalue weighted by molar-refractivity contribution is 0.242. The van der Waals surface area contributed by atoms with Crippen molar-refractivity contribution in [3.8, 4) is 0 Å². The Balaban J connectivity index is 1.44. The maximum atomic E-state index is 4.39. The highest BCUT2D eigenvalue weighted by Crippen LogP contribution is 2.26. The van der Waals surface area contributed by atoms with Gasteiger partial charge in [-0.2, -0.15) is 0 Å². The lowest BCUT2D eigenvalue weighted by Gasteiger charge is -2.24. The van der Waals surface area contributed by atoms with Gasteiger partial charge in [-0.3, -0.25) is 9.89 Å². The molecule has 2 aliphatic rings. The molecule has 24 heavy (non-hydrogen) atoms. The summed E-state index contributed by atoms with van der Waals surface area (Å²) < 4.78 is 0. The number of aliphatic imine (C=N–C) groups is 1. The summed E-state index contributed by atoms with van der Waals surface area (Å²) in [6.45, 7) is 3.21. The lowest BCUT2D eigenvalue weighted by Crippen LogP contribution is -2.45. The van der Waals surface area contributed by atoms with E-state index in [0.717, 1.165) is 25.1 Å².